The lowest BCUT2D eigenvalue weighted by atomic mass is 10.2. The Morgan fingerprint density at radius 1 is 1.50 bits per heavy atom. The van der Waals surface area contributed by atoms with Gasteiger partial charge < -0.3 is 0 Å². The molecule has 1 aromatic heterocycles. The Balaban J connectivity index is 3.30. The van der Waals surface area contributed by atoms with E-state index in [1.807, 2.05) is 0 Å². The van der Waals surface area contributed by atoms with Gasteiger partial charge in [0.05, 0.1) is 0 Å². The number of nitriles is 2. The van der Waals surface area contributed by atoms with Gasteiger partial charge in [-0.3, -0.25) is 0 Å². The van der Waals surface area contributed by atoms with Crippen LogP contribution < -0.4 is 0 Å². The minimum atomic E-state index is 0.0119. The number of hydrogen-bond acceptors (Lipinski definition) is 3. The highest BCUT2D eigenvalue weighted by Crippen LogP contribution is 2.21. The molecular weight excluding hydrogens is 312 g/mol. The number of hydrogen-bond donors (Lipinski definition) is 0. The van der Waals surface area contributed by atoms with Crippen molar-refractivity contribution in [2.45, 2.75) is 0 Å². The third-order valence-corrected chi connectivity index (χ3v) is 2.66. The zero-order valence-electron chi connectivity index (χ0n) is 6.83. The summed E-state index contributed by atoms with van der Waals surface area (Å²) in [6.45, 7) is 0. The molecule has 5 heteroatoms. The molecule has 1 heterocycles. The lowest BCUT2D eigenvalue weighted by molar-refractivity contribution is 1.30. The molecule has 0 amide bonds. The number of halogens is 2. The Hall–Kier alpha value is -1.11. The molecule has 1 rings (SSSR count). The molecule has 0 aliphatic rings. The molecule has 1 aromatic rings. The maximum Gasteiger partial charge on any atom is 0.137 e. The van der Waals surface area contributed by atoms with Gasteiger partial charge in [-0.15, -0.1) is 0 Å². The summed E-state index contributed by atoms with van der Waals surface area (Å²) in [6, 6.07) is 5.28. The number of rotatable bonds is 1. The van der Waals surface area contributed by atoms with Gasteiger partial charge in [-0.1, -0.05) is 11.6 Å². The molecule has 0 bridgehead atoms. The first kappa shape index (κ1) is 11.0. The molecule has 3 nitrogen and oxygen atoms in total. The summed E-state index contributed by atoms with van der Waals surface area (Å²) in [7, 11) is 0. The van der Waals surface area contributed by atoms with Crippen molar-refractivity contribution in [2.75, 3.05) is 0 Å². The third kappa shape index (κ3) is 2.44. The van der Waals surface area contributed by atoms with Crippen LogP contribution in [0.25, 0.3) is 6.08 Å². The zero-order valence-corrected chi connectivity index (χ0v) is 9.74. The van der Waals surface area contributed by atoms with Gasteiger partial charge in [0, 0.05) is 15.3 Å². The van der Waals surface area contributed by atoms with E-state index in [0.717, 1.165) is 3.57 Å². The summed E-state index contributed by atoms with van der Waals surface area (Å²) >= 11 is 7.87. The van der Waals surface area contributed by atoms with E-state index in [4.69, 9.17) is 22.1 Å². The van der Waals surface area contributed by atoms with E-state index in [2.05, 4.69) is 27.6 Å². The fraction of sp³-hybridized carbons (Fsp3) is 0. The van der Waals surface area contributed by atoms with Gasteiger partial charge in [-0.25, -0.2) is 4.98 Å². The van der Waals surface area contributed by atoms with Crippen molar-refractivity contribution < 1.29 is 0 Å². The van der Waals surface area contributed by atoms with E-state index >= 15 is 0 Å². The van der Waals surface area contributed by atoms with Gasteiger partial charge in [-0.05, 0) is 34.7 Å². The first-order valence-electron chi connectivity index (χ1n) is 3.51. The fourth-order valence-corrected chi connectivity index (χ4v) is 1.73. The van der Waals surface area contributed by atoms with E-state index in [1.165, 1.54) is 6.08 Å². The summed E-state index contributed by atoms with van der Waals surface area (Å²) in [6.07, 6.45) is 3.00. The van der Waals surface area contributed by atoms with Gasteiger partial charge >= 0.3 is 0 Å². The predicted molar refractivity (Wildman–Crippen MR) is 61.2 cm³/mol. The number of aromatic nitrogens is 1. The van der Waals surface area contributed by atoms with Crippen molar-refractivity contribution in [3.63, 3.8) is 0 Å². The van der Waals surface area contributed by atoms with Crippen LogP contribution in [-0.2, 0) is 0 Å². The molecule has 0 atom stereocenters. The van der Waals surface area contributed by atoms with Crippen LogP contribution in [-0.4, -0.2) is 4.98 Å². The van der Waals surface area contributed by atoms with Crippen LogP contribution in [0.3, 0.4) is 0 Å². The van der Waals surface area contributed by atoms with E-state index in [0.29, 0.717) is 10.7 Å². The van der Waals surface area contributed by atoms with Crippen molar-refractivity contribution in [3.8, 4) is 12.1 Å². The largest absolute Gasteiger partial charge is 0.244 e. The highest BCUT2D eigenvalue weighted by atomic mass is 127. The Kier molecular flexibility index (Phi) is 3.87. The molecule has 0 aromatic carbocycles. The normalized spacial score (nSPS) is 8.57. The predicted octanol–water partition coefficient (Wildman–Crippen LogP) is 2.77. The maximum atomic E-state index is 8.56. The molecule has 0 spiro atoms. The molecule has 0 saturated heterocycles. The summed E-state index contributed by atoms with van der Waals surface area (Å²) in [4.78, 5) is 3.86. The average Bonchev–Trinajstić information content (AvgIpc) is 2.18. The monoisotopic (exact) mass is 315 g/mol. The Bertz CT molecular complexity index is 432. The van der Waals surface area contributed by atoms with E-state index in [9.17, 15) is 0 Å². The van der Waals surface area contributed by atoms with Crippen LogP contribution in [0.5, 0.6) is 0 Å². The van der Waals surface area contributed by atoms with Crippen molar-refractivity contribution in [1.82, 2.24) is 4.98 Å². The molecular formula is C9H3ClIN3. The Labute approximate surface area is 99.8 Å². The molecule has 68 valence electrons. The first-order chi connectivity index (χ1) is 6.69. The lowest BCUT2D eigenvalue weighted by Crippen LogP contribution is -1.86. The molecule has 0 aliphatic heterocycles. The Morgan fingerprint density at radius 3 is 2.64 bits per heavy atom. The molecule has 0 fully saturated rings. The smallest absolute Gasteiger partial charge is 0.137 e. The fourth-order valence-electron chi connectivity index (χ4n) is 0.788. The molecule has 0 N–H and O–H groups in total. The van der Waals surface area contributed by atoms with Crippen molar-refractivity contribution in [3.05, 3.63) is 32.1 Å². The van der Waals surface area contributed by atoms with E-state index < -0.39 is 0 Å². The number of pyridine rings is 1. The summed E-state index contributed by atoms with van der Waals surface area (Å²) in [5.41, 5.74) is 0.616. The van der Waals surface area contributed by atoms with E-state index in [1.54, 1.807) is 24.4 Å². The zero-order chi connectivity index (χ0) is 10.6. The van der Waals surface area contributed by atoms with Crippen LogP contribution in [0.2, 0.25) is 5.15 Å². The molecule has 0 saturated carbocycles. The summed E-state index contributed by atoms with van der Waals surface area (Å²) in [5, 5.41) is 17.4. The standard InChI is InChI=1S/C9H3ClIN3/c10-9-7(3-6(4-12)5-13)8(11)1-2-14-9/h1-3H. The molecule has 0 radical (unpaired) electrons. The van der Waals surface area contributed by atoms with Gasteiger partial charge in [0.2, 0.25) is 0 Å². The summed E-state index contributed by atoms with van der Waals surface area (Å²) < 4.78 is 0.852. The SMILES string of the molecule is N#CC(C#N)=Cc1c(I)ccnc1Cl. The van der Waals surface area contributed by atoms with Crippen LogP contribution in [0.4, 0.5) is 0 Å². The van der Waals surface area contributed by atoms with Crippen molar-refractivity contribution in [2.24, 2.45) is 0 Å². The minimum absolute atomic E-state index is 0.0119. The average molecular weight is 316 g/mol. The minimum Gasteiger partial charge on any atom is -0.244 e. The first-order valence-corrected chi connectivity index (χ1v) is 4.96. The second kappa shape index (κ2) is 4.94. The highest BCUT2D eigenvalue weighted by Gasteiger charge is 2.04. The van der Waals surface area contributed by atoms with Crippen LogP contribution in [0.15, 0.2) is 17.8 Å². The maximum absolute atomic E-state index is 8.56. The summed E-state index contributed by atoms with van der Waals surface area (Å²) in [5.74, 6) is 0. The van der Waals surface area contributed by atoms with Gasteiger partial charge in [0.15, 0.2) is 0 Å². The second-order valence-electron chi connectivity index (χ2n) is 2.28. The van der Waals surface area contributed by atoms with E-state index in [-0.39, 0.29) is 5.57 Å². The van der Waals surface area contributed by atoms with Crippen molar-refractivity contribution >= 4 is 40.3 Å². The van der Waals surface area contributed by atoms with Gasteiger partial charge in [0.1, 0.15) is 22.9 Å². The van der Waals surface area contributed by atoms with Gasteiger partial charge in [-0.2, -0.15) is 10.5 Å². The molecule has 0 unspecified atom stereocenters. The quantitative estimate of drug-likeness (QED) is 0.455. The van der Waals surface area contributed by atoms with Crippen LogP contribution in [0.1, 0.15) is 5.56 Å². The van der Waals surface area contributed by atoms with Crippen molar-refractivity contribution in [1.29, 1.82) is 10.5 Å². The number of allylic oxidation sites excluding steroid dienone is 1. The third-order valence-electron chi connectivity index (χ3n) is 1.42. The van der Waals surface area contributed by atoms with Crippen LogP contribution >= 0.6 is 34.2 Å². The Morgan fingerprint density at radius 2 is 2.14 bits per heavy atom. The molecule has 14 heavy (non-hydrogen) atoms. The molecule has 0 aliphatic carbocycles. The number of nitrogens with zero attached hydrogens (tertiary/aromatic N) is 3. The lowest BCUT2D eigenvalue weighted by Gasteiger charge is -1.99. The topological polar surface area (TPSA) is 60.5 Å². The second-order valence-corrected chi connectivity index (χ2v) is 3.80. The van der Waals surface area contributed by atoms with Crippen LogP contribution in [0, 0.1) is 26.2 Å². The van der Waals surface area contributed by atoms with Gasteiger partial charge in [0.25, 0.3) is 0 Å². The highest BCUT2D eigenvalue weighted by molar-refractivity contribution is 14.1.